The van der Waals surface area contributed by atoms with Crippen LogP contribution in [0, 0.1) is 6.92 Å². The Balaban J connectivity index is 1.01. The largest absolute Gasteiger partial charge is 0.491 e. The predicted molar refractivity (Wildman–Crippen MR) is 157 cm³/mol. The van der Waals surface area contributed by atoms with Crippen LogP contribution in [0.3, 0.4) is 0 Å². The summed E-state index contributed by atoms with van der Waals surface area (Å²) in [4.78, 5) is 8.92. The van der Waals surface area contributed by atoms with E-state index in [-0.39, 0.29) is 6.61 Å². The number of fused-ring (bicyclic) bond motifs is 1. The van der Waals surface area contributed by atoms with Gasteiger partial charge in [0, 0.05) is 44.5 Å². The number of hydrogen-bond donors (Lipinski definition) is 2. The molecule has 5 rings (SSSR count). The average molecular weight is 549 g/mol. The Bertz CT molecular complexity index is 1340. The van der Waals surface area contributed by atoms with Gasteiger partial charge in [0.25, 0.3) is 0 Å². The Morgan fingerprint density at radius 2 is 1.74 bits per heavy atom. The summed E-state index contributed by atoms with van der Waals surface area (Å²) in [5.41, 5.74) is 3.01. The fraction of sp³-hybridized carbons (Fsp3) is 0.310. The van der Waals surface area contributed by atoms with E-state index in [1.807, 2.05) is 79.7 Å². The molecule has 0 amide bonds. The van der Waals surface area contributed by atoms with E-state index in [0.717, 1.165) is 64.2 Å². The van der Waals surface area contributed by atoms with Gasteiger partial charge in [-0.15, -0.1) is 11.3 Å². The van der Waals surface area contributed by atoms with Crippen LogP contribution in [0.25, 0.3) is 10.2 Å². The Morgan fingerprint density at radius 1 is 1.00 bits per heavy atom. The van der Waals surface area contributed by atoms with Gasteiger partial charge in [-0.05, 0) is 61.1 Å². The first-order valence-corrected chi connectivity index (χ1v) is 14.0. The van der Waals surface area contributed by atoms with Gasteiger partial charge in [0.1, 0.15) is 30.8 Å². The number of hydrogen-bond acceptors (Lipinski definition) is 7. The molecule has 1 saturated heterocycles. The van der Waals surface area contributed by atoms with Gasteiger partial charge < -0.3 is 24.8 Å². The first-order chi connectivity index (χ1) is 18.5. The number of piperazine rings is 1. The van der Waals surface area contributed by atoms with Crippen LogP contribution in [0.1, 0.15) is 10.6 Å². The Hall–Kier alpha value is -3.24. The maximum absolute atomic E-state index is 10.5. The number of anilines is 1. The lowest BCUT2D eigenvalue weighted by Crippen LogP contribution is -2.51. The first kappa shape index (κ1) is 26.4. The van der Waals surface area contributed by atoms with Crippen LogP contribution < -0.4 is 14.8 Å². The Morgan fingerprint density at radius 3 is 2.50 bits per heavy atom. The summed E-state index contributed by atoms with van der Waals surface area (Å²) < 4.78 is 12.8. The third kappa shape index (κ3) is 7.20. The second-order valence-corrected chi connectivity index (χ2v) is 11.0. The lowest BCUT2D eigenvalue weighted by molar-refractivity contribution is 0.0559. The number of thiocarbonyl (C=S) groups is 1. The predicted octanol–water partition coefficient (Wildman–Crippen LogP) is 4.94. The van der Waals surface area contributed by atoms with Crippen LogP contribution in [-0.4, -0.2) is 70.4 Å². The minimum absolute atomic E-state index is 0.250. The highest BCUT2D eigenvalue weighted by molar-refractivity contribution is 7.80. The third-order valence-corrected chi connectivity index (χ3v) is 7.70. The van der Waals surface area contributed by atoms with Crippen LogP contribution in [0.5, 0.6) is 11.5 Å². The summed E-state index contributed by atoms with van der Waals surface area (Å²) in [7, 11) is 0. The van der Waals surface area contributed by atoms with Crippen molar-refractivity contribution in [2.45, 2.75) is 19.6 Å². The number of nitrogens with zero attached hydrogens (tertiary/aromatic N) is 3. The Labute approximate surface area is 232 Å². The van der Waals surface area contributed by atoms with Crippen molar-refractivity contribution in [1.82, 2.24) is 14.8 Å². The molecule has 1 aliphatic rings. The van der Waals surface area contributed by atoms with E-state index in [2.05, 4.69) is 20.1 Å². The molecule has 1 aromatic heterocycles. The topological polar surface area (TPSA) is 70.1 Å². The van der Waals surface area contributed by atoms with Crippen molar-refractivity contribution < 1.29 is 14.6 Å². The number of aromatic nitrogens is 1. The molecule has 1 atom stereocenters. The zero-order chi connectivity index (χ0) is 26.3. The van der Waals surface area contributed by atoms with Gasteiger partial charge in [-0.1, -0.05) is 30.3 Å². The van der Waals surface area contributed by atoms with Crippen molar-refractivity contribution in [3.05, 3.63) is 83.4 Å². The molecule has 198 valence electrons. The number of β-amino-alcohol motifs (C(OH)–C–C–N with tert-alkyl or cyclic N) is 1. The van der Waals surface area contributed by atoms with Gasteiger partial charge in [-0.25, -0.2) is 4.98 Å². The number of aliphatic hydroxyl groups excluding tert-OH is 1. The molecule has 0 bridgehead atoms. The van der Waals surface area contributed by atoms with E-state index in [4.69, 9.17) is 21.7 Å². The number of thiazole rings is 1. The fourth-order valence-corrected chi connectivity index (χ4v) is 5.47. The Kier molecular flexibility index (Phi) is 8.70. The molecule has 38 heavy (non-hydrogen) atoms. The molecule has 0 spiro atoms. The summed E-state index contributed by atoms with van der Waals surface area (Å²) in [5, 5.41) is 15.6. The highest BCUT2D eigenvalue weighted by Crippen LogP contribution is 2.25. The van der Waals surface area contributed by atoms with Gasteiger partial charge in [-0.2, -0.15) is 0 Å². The normalized spacial score (nSPS) is 14.8. The number of nitrogens with one attached hydrogen (secondary N) is 1. The zero-order valence-electron chi connectivity index (χ0n) is 21.4. The van der Waals surface area contributed by atoms with E-state index < -0.39 is 6.10 Å². The molecule has 1 fully saturated rings. The highest BCUT2D eigenvalue weighted by Gasteiger charge is 2.21. The number of ether oxygens (including phenoxy) is 2. The second-order valence-electron chi connectivity index (χ2n) is 9.34. The van der Waals surface area contributed by atoms with Crippen molar-refractivity contribution >= 4 is 44.6 Å². The van der Waals surface area contributed by atoms with Gasteiger partial charge in [0.2, 0.25) is 0 Å². The summed E-state index contributed by atoms with van der Waals surface area (Å²) >= 11 is 7.32. The van der Waals surface area contributed by atoms with Crippen molar-refractivity contribution in [3.63, 3.8) is 0 Å². The van der Waals surface area contributed by atoms with Crippen LogP contribution in [0.2, 0.25) is 0 Å². The van der Waals surface area contributed by atoms with E-state index in [1.54, 1.807) is 11.3 Å². The second kappa shape index (κ2) is 12.5. The number of benzene rings is 3. The van der Waals surface area contributed by atoms with Crippen LogP contribution in [0.15, 0.2) is 72.8 Å². The molecular weight excluding hydrogens is 516 g/mol. The van der Waals surface area contributed by atoms with E-state index >= 15 is 0 Å². The van der Waals surface area contributed by atoms with Gasteiger partial charge in [-0.3, -0.25) is 4.90 Å². The molecule has 4 aromatic rings. The molecule has 0 aliphatic carbocycles. The molecule has 0 saturated carbocycles. The SMILES string of the molecule is Cc1nc2cc(OC[C@H](O)CN3CCN(C(=S)Nc4ccc(OCc5ccccc5)cc4)CC3)ccc2s1. The molecule has 3 aromatic carbocycles. The average Bonchev–Trinajstić information content (AvgIpc) is 3.32. The molecular formula is C29H32N4O3S2. The molecule has 0 radical (unpaired) electrons. The molecule has 2 N–H and O–H groups in total. The maximum Gasteiger partial charge on any atom is 0.173 e. The third-order valence-electron chi connectivity index (χ3n) is 6.39. The smallest absolute Gasteiger partial charge is 0.173 e. The van der Waals surface area contributed by atoms with Crippen LogP contribution in [-0.2, 0) is 6.61 Å². The monoisotopic (exact) mass is 548 g/mol. The quantitative estimate of drug-likeness (QED) is 0.285. The van der Waals surface area contributed by atoms with Crippen LogP contribution in [0.4, 0.5) is 5.69 Å². The summed E-state index contributed by atoms with van der Waals surface area (Å²) in [5.74, 6) is 1.55. The van der Waals surface area contributed by atoms with Crippen LogP contribution >= 0.6 is 23.6 Å². The minimum atomic E-state index is -0.567. The zero-order valence-corrected chi connectivity index (χ0v) is 23.0. The highest BCUT2D eigenvalue weighted by atomic mass is 32.1. The summed E-state index contributed by atoms with van der Waals surface area (Å²) in [6.07, 6.45) is -0.567. The molecule has 1 aliphatic heterocycles. The van der Waals surface area contributed by atoms with Gasteiger partial charge in [0.05, 0.1) is 15.2 Å². The molecule has 7 nitrogen and oxygen atoms in total. The van der Waals surface area contributed by atoms with E-state index in [1.165, 1.54) is 0 Å². The number of aryl methyl sites for hydroxylation is 1. The maximum atomic E-state index is 10.5. The molecule has 2 heterocycles. The van der Waals surface area contributed by atoms with Gasteiger partial charge in [0.15, 0.2) is 5.11 Å². The number of aliphatic hydroxyl groups is 1. The lowest BCUT2D eigenvalue weighted by Gasteiger charge is -2.36. The molecule has 9 heteroatoms. The van der Waals surface area contributed by atoms with Crippen molar-refractivity contribution in [3.8, 4) is 11.5 Å². The van der Waals surface area contributed by atoms with Gasteiger partial charge >= 0.3 is 0 Å². The lowest BCUT2D eigenvalue weighted by atomic mass is 10.2. The fourth-order valence-electron chi connectivity index (χ4n) is 4.37. The summed E-state index contributed by atoms with van der Waals surface area (Å²) in [6, 6.07) is 23.9. The van der Waals surface area contributed by atoms with Crippen molar-refractivity contribution in [1.29, 1.82) is 0 Å². The van der Waals surface area contributed by atoms with E-state index in [9.17, 15) is 5.11 Å². The number of rotatable bonds is 9. The summed E-state index contributed by atoms with van der Waals surface area (Å²) in [6.45, 7) is 6.62. The standard InChI is InChI=1S/C29H32N4O3S2/c1-21-30-27-17-26(11-12-28(27)38-21)36-20-24(34)18-32-13-15-33(16-14-32)29(37)31-23-7-9-25(10-8-23)35-19-22-5-3-2-4-6-22/h2-12,17,24,34H,13-16,18-20H2,1H3,(H,31,37)/t24-/m1/s1. The molecule has 0 unspecified atom stereocenters. The van der Waals surface area contributed by atoms with E-state index in [0.29, 0.717) is 18.3 Å². The first-order valence-electron chi connectivity index (χ1n) is 12.7. The minimum Gasteiger partial charge on any atom is -0.491 e. The van der Waals surface area contributed by atoms with Crippen molar-refractivity contribution in [2.24, 2.45) is 0 Å². The van der Waals surface area contributed by atoms with Crippen molar-refractivity contribution in [2.75, 3.05) is 44.6 Å².